The van der Waals surface area contributed by atoms with Crippen molar-refractivity contribution < 1.29 is 0 Å². The Morgan fingerprint density at radius 3 is 1.57 bits per heavy atom. The van der Waals surface area contributed by atoms with Crippen LogP contribution in [0.4, 0.5) is 0 Å². The van der Waals surface area contributed by atoms with E-state index < -0.39 is 0 Å². The first kappa shape index (κ1) is 26.5. The highest BCUT2D eigenvalue weighted by Gasteiger charge is 2.41. The van der Waals surface area contributed by atoms with Crippen molar-refractivity contribution >= 4 is 11.3 Å². The summed E-state index contributed by atoms with van der Waals surface area (Å²) in [7, 11) is 0. The lowest BCUT2D eigenvalue weighted by atomic mass is 9.80. The van der Waals surface area contributed by atoms with Crippen molar-refractivity contribution in [1.82, 2.24) is 9.97 Å². The van der Waals surface area contributed by atoms with E-state index in [1.54, 1.807) is 0 Å². The molecule has 0 unspecified atom stereocenters. The predicted octanol–water partition coefficient (Wildman–Crippen LogP) is 11.2. The van der Waals surface area contributed by atoms with Crippen molar-refractivity contribution in [2.24, 2.45) is 0 Å². The fraction of sp³-hybridized carbons (Fsp3) is 0.0732. The monoisotopic (exact) mass is 582 g/mol. The molecule has 0 saturated carbocycles. The summed E-state index contributed by atoms with van der Waals surface area (Å²) in [6, 6.07) is 51.4. The van der Waals surface area contributed by atoms with Gasteiger partial charge < -0.3 is 0 Å². The van der Waals surface area contributed by atoms with Crippen LogP contribution in [0.15, 0.2) is 146 Å². The third-order valence-electron chi connectivity index (χ3n) is 8.69. The molecule has 2 aromatic heterocycles. The molecule has 44 heavy (non-hydrogen) atoms. The quantitative estimate of drug-likeness (QED) is 0.202. The molecule has 0 atom stereocenters. The lowest BCUT2D eigenvalue weighted by molar-refractivity contribution is 0.664. The second-order valence-electron chi connectivity index (χ2n) is 11.8. The summed E-state index contributed by atoms with van der Waals surface area (Å²) < 4.78 is 0. The Labute approximate surface area is 262 Å². The fourth-order valence-electron chi connectivity index (χ4n) is 6.51. The van der Waals surface area contributed by atoms with E-state index in [4.69, 9.17) is 9.97 Å². The third kappa shape index (κ3) is 4.40. The Hall–Kier alpha value is -5.12. The molecule has 1 aliphatic rings. The summed E-state index contributed by atoms with van der Waals surface area (Å²) >= 11 is 1.91. The average molecular weight is 583 g/mol. The van der Waals surface area contributed by atoms with Crippen molar-refractivity contribution in [1.29, 1.82) is 0 Å². The number of hydrogen-bond donors (Lipinski definition) is 0. The van der Waals surface area contributed by atoms with Gasteiger partial charge >= 0.3 is 0 Å². The molecule has 0 N–H and O–H groups in total. The molecule has 8 rings (SSSR count). The van der Waals surface area contributed by atoms with E-state index in [-0.39, 0.29) is 5.41 Å². The molecule has 0 spiro atoms. The Morgan fingerprint density at radius 1 is 0.477 bits per heavy atom. The topological polar surface area (TPSA) is 25.8 Å². The van der Waals surface area contributed by atoms with E-state index in [1.807, 2.05) is 35.6 Å². The molecule has 3 heteroatoms. The minimum absolute atomic E-state index is 0.188. The maximum Gasteiger partial charge on any atom is 0.160 e. The molecule has 0 bridgehead atoms. The van der Waals surface area contributed by atoms with Gasteiger partial charge in [-0.15, -0.1) is 11.3 Å². The van der Waals surface area contributed by atoms with Crippen molar-refractivity contribution in [3.8, 4) is 65.9 Å². The number of nitrogens with zero attached hydrogens (tertiary/aromatic N) is 2. The van der Waals surface area contributed by atoms with Gasteiger partial charge in [-0.25, -0.2) is 9.97 Å². The smallest absolute Gasteiger partial charge is 0.160 e. The van der Waals surface area contributed by atoms with Gasteiger partial charge in [0.1, 0.15) is 0 Å². The number of benzene rings is 5. The minimum Gasteiger partial charge on any atom is -0.228 e. The highest BCUT2D eigenvalue weighted by atomic mass is 32.1. The van der Waals surface area contributed by atoms with Gasteiger partial charge in [0, 0.05) is 37.4 Å². The summed E-state index contributed by atoms with van der Waals surface area (Å²) in [5.41, 5.74) is 12.8. The molecule has 0 radical (unpaired) electrons. The predicted molar refractivity (Wildman–Crippen MR) is 185 cm³/mol. The van der Waals surface area contributed by atoms with Crippen LogP contribution < -0.4 is 0 Å². The zero-order chi connectivity index (χ0) is 29.7. The van der Waals surface area contributed by atoms with Gasteiger partial charge in [-0.3, -0.25) is 0 Å². The average Bonchev–Trinajstić information content (AvgIpc) is 3.60. The highest BCUT2D eigenvalue weighted by molar-refractivity contribution is 7.19. The van der Waals surface area contributed by atoms with Gasteiger partial charge in [-0.05, 0) is 39.9 Å². The van der Waals surface area contributed by atoms with Gasteiger partial charge in [0.05, 0.1) is 11.4 Å². The van der Waals surface area contributed by atoms with E-state index in [2.05, 4.69) is 135 Å². The van der Waals surface area contributed by atoms with Crippen LogP contribution in [0.5, 0.6) is 0 Å². The number of aromatic nitrogens is 2. The molecule has 2 nitrogen and oxygen atoms in total. The van der Waals surface area contributed by atoms with Crippen LogP contribution in [0, 0.1) is 0 Å². The molecule has 0 amide bonds. The van der Waals surface area contributed by atoms with Gasteiger partial charge in [0.2, 0.25) is 0 Å². The molecular weight excluding hydrogens is 553 g/mol. The molecular formula is C41H30N2S. The third-order valence-corrected chi connectivity index (χ3v) is 9.98. The summed E-state index contributed by atoms with van der Waals surface area (Å²) in [6.07, 6.45) is 0. The molecule has 2 heterocycles. The zero-order valence-corrected chi connectivity index (χ0v) is 25.5. The summed E-state index contributed by atoms with van der Waals surface area (Å²) in [4.78, 5) is 12.8. The van der Waals surface area contributed by atoms with Crippen LogP contribution in [-0.2, 0) is 5.41 Å². The lowest BCUT2D eigenvalue weighted by Crippen LogP contribution is -2.15. The second-order valence-corrected chi connectivity index (χ2v) is 12.8. The standard InChI is InChI=1S/C41H30N2S/c1-41(2)33-25-31(35-26-34(27-15-7-3-8-16-27)42-40(43-35)30-21-13-6-14-22-30)23-24-32(33)36-37(41)39(29-19-11-5-12-20-29)44-38(36)28-17-9-4-10-18-28/h3-26H,1-2H3. The van der Waals surface area contributed by atoms with Crippen molar-refractivity contribution in [3.63, 3.8) is 0 Å². The van der Waals surface area contributed by atoms with Crippen LogP contribution in [0.25, 0.3) is 65.9 Å². The van der Waals surface area contributed by atoms with E-state index in [1.165, 1.54) is 43.1 Å². The van der Waals surface area contributed by atoms with E-state index in [0.717, 1.165) is 33.9 Å². The summed E-state index contributed by atoms with van der Waals surface area (Å²) in [6.45, 7) is 4.75. The largest absolute Gasteiger partial charge is 0.228 e. The van der Waals surface area contributed by atoms with Crippen LogP contribution in [0.1, 0.15) is 25.0 Å². The van der Waals surface area contributed by atoms with Crippen molar-refractivity contribution in [2.75, 3.05) is 0 Å². The Bertz CT molecular complexity index is 2060. The van der Waals surface area contributed by atoms with Crippen LogP contribution in [0.2, 0.25) is 0 Å². The first-order valence-corrected chi connectivity index (χ1v) is 15.8. The second kappa shape index (κ2) is 10.6. The van der Waals surface area contributed by atoms with Crippen LogP contribution >= 0.6 is 11.3 Å². The first-order chi connectivity index (χ1) is 21.6. The highest BCUT2D eigenvalue weighted by Crippen LogP contribution is 2.59. The number of hydrogen-bond acceptors (Lipinski definition) is 3. The maximum absolute atomic E-state index is 5.13. The lowest BCUT2D eigenvalue weighted by Gasteiger charge is -2.23. The molecule has 210 valence electrons. The van der Waals surface area contributed by atoms with Gasteiger partial charge in [0.25, 0.3) is 0 Å². The Morgan fingerprint density at radius 2 is 0.977 bits per heavy atom. The summed E-state index contributed by atoms with van der Waals surface area (Å²) in [5.74, 6) is 0.734. The van der Waals surface area contributed by atoms with Crippen molar-refractivity contribution in [3.05, 3.63) is 157 Å². The number of fused-ring (bicyclic) bond motifs is 3. The molecule has 0 fully saturated rings. The Balaban J connectivity index is 1.33. The number of rotatable bonds is 5. The summed E-state index contributed by atoms with van der Waals surface area (Å²) in [5, 5.41) is 0. The van der Waals surface area contributed by atoms with Crippen molar-refractivity contribution in [2.45, 2.75) is 19.3 Å². The van der Waals surface area contributed by atoms with Gasteiger partial charge in [-0.1, -0.05) is 147 Å². The minimum atomic E-state index is -0.188. The molecule has 5 aromatic carbocycles. The molecule has 7 aromatic rings. The van der Waals surface area contributed by atoms with E-state index in [9.17, 15) is 0 Å². The maximum atomic E-state index is 5.13. The SMILES string of the molecule is CC1(C)c2cc(-c3cc(-c4ccccc4)nc(-c4ccccc4)n3)ccc2-c2c(-c3ccccc3)sc(-c3ccccc3)c21. The van der Waals surface area contributed by atoms with E-state index in [0.29, 0.717) is 0 Å². The van der Waals surface area contributed by atoms with Gasteiger partial charge in [0.15, 0.2) is 5.82 Å². The first-order valence-electron chi connectivity index (χ1n) is 15.0. The normalized spacial score (nSPS) is 13.0. The van der Waals surface area contributed by atoms with Crippen LogP contribution in [-0.4, -0.2) is 9.97 Å². The Kier molecular flexibility index (Phi) is 6.36. The van der Waals surface area contributed by atoms with Crippen LogP contribution in [0.3, 0.4) is 0 Å². The molecule has 0 aliphatic heterocycles. The molecule has 0 saturated heterocycles. The number of thiophene rings is 1. The van der Waals surface area contributed by atoms with E-state index >= 15 is 0 Å². The van der Waals surface area contributed by atoms with Gasteiger partial charge in [-0.2, -0.15) is 0 Å². The fourth-order valence-corrected chi connectivity index (χ4v) is 8.00. The zero-order valence-electron chi connectivity index (χ0n) is 24.7. The molecule has 1 aliphatic carbocycles.